The summed E-state index contributed by atoms with van der Waals surface area (Å²) in [6.45, 7) is 0. The van der Waals surface area contributed by atoms with E-state index < -0.39 is 0 Å². The number of hydrogen-bond donors (Lipinski definition) is 0. The summed E-state index contributed by atoms with van der Waals surface area (Å²) in [5, 5.41) is 7.60. The molecule has 5 heterocycles. The summed E-state index contributed by atoms with van der Waals surface area (Å²) in [6.07, 6.45) is 5.84. The van der Waals surface area contributed by atoms with Gasteiger partial charge in [-0.2, -0.15) is 0 Å². The van der Waals surface area contributed by atoms with Crippen molar-refractivity contribution in [3.05, 3.63) is 79.3 Å². The van der Waals surface area contributed by atoms with Crippen LogP contribution in [0.1, 0.15) is 0 Å². The van der Waals surface area contributed by atoms with Crippen LogP contribution in [0.5, 0.6) is 0 Å². The molecule has 0 N–H and O–H groups in total. The van der Waals surface area contributed by atoms with Crippen LogP contribution in [-0.2, 0) is 0 Å². The molecule has 0 aliphatic rings. The molecule has 0 saturated carbocycles. The lowest BCUT2D eigenvalue weighted by molar-refractivity contribution is 1.27. The average molecular weight is 432 g/mol. The van der Waals surface area contributed by atoms with Crippen LogP contribution < -0.4 is 0 Å². The molecule has 0 aliphatic carbocycles. The lowest BCUT2D eigenvalue weighted by Crippen LogP contribution is -1.92. The normalized spacial score (nSPS) is 12.5. The van der Waals surface area contributed by atoms with Gasteiger partial charge in [0.25, 0.3) is 0 Å². The molecule has 144 valence electrons. The molecular weight excluding hydrogens is 418 g/mol. The summed E-state index contributed by atoms with van der Waals surface area (Å²) < 4.78 is 7.61. The van der Waals surface area contributed by atoms with Crippen molar-refractivity contribution in [2.75, 3.05) is 0 Å². The number of nitrogens with zero attached hydrogens (tertiary/aromatic N) is 3. The lowest BCUT2D eigenvalue weighted by Gasteiger charge is -2.09. The molecule has 0 atom stereocenters. The van der Waals surface area contributed by atoms with Gasteiger partial charge < -0.3 is 0 Å². The first-order chi connectivity index (χ1) is 15.4. The van der Waals surface area contributed by atoms with Crippen molar-refractivity contribution in [3.63, 3.8) is 0 Å². The summed E-state index contributed by atoms with van der Waals surface area (Å²) >= 11 is 3.77. The Bertz CT molecular complexity index is 2010. The van der Waals surface area contributed by atoms with Crippen LogP contribution in [0.15, 0.2) is 79.3 Å². The summed E-state index contributed by atoms with van der Waals surface area (Å²) in [6, 6.07) is 21.9. The van der Waals surface area contributed by atoms with E-state index in [1.54, 1.807) is 0 Å². The molecule has 8 aromatic rings. The second-order valence-corrected chi connectivity index (χ2v) is 10.0. The zero-order valence-electron chi connectivity index (χ0n) is 16.2. The minimum Gasteiger partial charge on any atom is -0.298 e. The Kier molecular flexibility index (Phi) is 2.91. The topological polar surface area (TPSA) is 30.2 Å². The zero-order valence-corrected chi connectivity index (χ0v) is 17.8. The minimum atomic E-state index is 0.963. The lowest BCUT2D eigenvalue weighted by atomic mass is 10.0. The molecule has 5 heteroatoms. The summed E-state index contributed by atoms with van der Waals surface area (Å²) in [5.41, 5.74) is 3.17. The van der Waals surface area contributed by atoms with Gasteiger partial charge in [-0.15, -0.1) is 22.7 Å². The van der Waals surface area contributed by atoms with Gasteiger partial charge >= 0.3 is 0 Å². The number of rotatable bonds is 0. The molecule has 0 fully saturated rings. The first kappa shape index (κ1) is 16.2. The summed E-state index contributed by atoms with van der Waals surface area (Å²) in [4.78, 5) is 9.42. The van der Waals surface area contributed by atoms with Crippen molar-refractivity contribution < 1.29 is 0 Å². The molecule has 3 aromatic carbocycles. The van der Waals surface area contributed by atoms with Crippen LogP contribution in [-0.4, -0.2) is 14.4 Å². The summed E-state index contributed by atoms with van der Waals surface area (Å²) in [5.74, 6) is 0. The first-order valence-electron chi connectivity index (χ1n) is 10.2. The van der Waals surface area contributed by atoms with E-state index >= 15 is 0 Å². The van der Waals surface area contributed by atoms with Gasteiger partial charge in [0.2, 0.25) is 0 Å². The predicted molar refractivity (Wildman–Crippen MR) is 134 cm³/mol. The molecule has 3 nitrogen and oxygen atoms in total. The smallest absolute Gasteiger partial charge is 0.146 e. The van der Waals surface area contributed by atoms with Gasteiger partial charge in [-0.05, 0) is 36.4 Å². The van der Waals surface area contributed by atoms with Crippen molar-refractivity contribution in [1.82, 2.24) is 14.4 Å². The number of imidazole rings is 1. The molecule has 0 radical (unpaired) electrons. The highest BCUT2D eigenvalue weighted by molar-refractivity contribution is 7.29. The molecule has 8 rings (SSSR count). The highest BCUT2D eigenvalue weighted by Gasteiger charge is 2.18. The Morgan fingerprint density at radius 1 is 0.613 bits per heavy atom. The quantitative estimate of drug-likeness (QED) is 0.230. The molecule has 0 aliphatic heterocycles. The summed E-state index contributed by atoms with van der Waals surface area (Å²) in [7, 11) is 0. The van der Waals surface area contributed by atoms with Gasteiger partial charge in [0.15, 0.2) is 0 Å². The second-order valence-electron chi connectivity index (χ2n) is 7.87. The molecule has 0 unspecified atom stereocenters. The molecular formula is C26H13N3S2. The van der Waals surface area contributed by atoms with Gasteiger partial charge in [-0.3, -0.25) is 9.38 Å². The molecule has 31 heavy (non-hydrogen) atoms. The van der Waals surface area contributed by atoms with Crippen molar-refractivity contribution in [3.8, 4) is 0 Å². The van der Waals surface area contributed by atoms with Crippen LogP contribution in [0.2, 0.25) is 0 Å². The van der Waals surface area contributed by atoms with E-state index in [0.29, 0.717) is 0 Å². The number of aromatic nitrogens is 3. The SMILES string of the molecule is c1ccc2c(c1)sc1ccc3c(sc4ccc5c6ncccc6c6nccn6c5c43)c12. The second kappa shape index (κ2) is 5.58. The molecule has 0 bridgehead atoms. The van der Waals surface area contributed by atoms with Crippen LogP contribution >= 0.6 is 22.7 Å². The molecule has 0 amide bonds. The Morgan fingerprint density at radius 3 is 2.42 bits per heavy atom. The Morgan fingerprint density at radius 2 is 1.45 bits per heavy atom. The van der Waals surface area contributed by atoms with Gasteiger partial charge in [-0.25, -0.2) is 4.98 Å². The maximum atomic E-state index is 4.74. The number of fused-ring (bicyclic) bond motifs is 14. The third-order valence-electron chi connectivity index (χ3n) is 6.30. The van der Waals surface area contributed by atoms with E-state index in [4.69, 9.17) is 4.98 Å². The van der Waals surface area contributed by atoms with E-state index in [1.807, 2.05) is 41.1 Å². The fraction of sp³-hybridized carbons (Fsp3) is 0. The maximum Gasteiger partial charge on any atom is 0.146 e. The third kappa shape index (κ3) is 1.93. The van der Waals surface area contributed by atoms with Gasteiger partial charge in [0, 0.05) is 69.7 Å². The van der Waals surface area contributed by atoms with Crippen molar-refractivity contribution in [2.45, 2.75) is 0 Å². The van der Waals surface area contributed by atoms with Crippen LogP contribution in [0, 0.1) is 0 Å². The Labute approximate surface area is 183 Å². The van der Waals surface area contributed by atoms with Gasteiger partial charge in [0.05, 0.1) is 11.0 Å². The van der Waals surface area contributed by atoms with E-state index in [-0.39, 0.29) is 0 Å². The van der Waals surface area contributed by atoms with Gasteiger partial charge in [0.1, 0.15) is 5.65 Å². The largest absolute Gasteiger partial charge is 0.298 e. The van der Waals surface area contributed by atoms with Crippen LogP contribution in [0.3, 0.4) is 0 Å². The Hall–Kier alpha value is -3.54. The van der Waals surface area contributed by atoms with E-state index in [1.165, 1.54) is 51.2 Å². The minimum absolute atomic E-state index is 0.963. The van der Waals surface area contributed by atoms with Crippen molar-refractivity contribution >= 4 is 90.5 Å². The number of thiophene rings is 2. The van der Waals surface area contributed by atoms with Crippen molar-refractivity contribution in [1.29, 1.82) is 0 Å². The Balaban J connectivity index is 1.70. The highest BCUT2D eigenvalue weighted by Crippen LogP contribution is 2.46. The molecule has 5 aromatic heterocycles. The van der Waals surface area contributed by atoms with Crippen LogP contribution in [0.4, 0.5) is 0 Å². The molecule has 0 spiro atoms. The van der Waals surface area contributed by atoms with Crippen molar-refractivity contribution in [2.24, 2.45) is 0 Å². The third-order valence-corrected chi connectivity index (χ3v) is 8.63. The highest BCUT2D eigenvalue weighted by atomic mass is 32.1. The molecule has 0 saturated heterocycles. The predicted octanol–water partition coefficient (Wildman–Crippen LogP) is 7.77. The van der Waals surface area contributed by atoms with E-state index in [0.717, 1.165) is 16.6 Å². The van der Waals surface area contributed by atoms with E-state index in [2.05, 4.69) is 70.2 Å². The van der Waals surface area contributed by atoms with Crippen LogP contribution in [0.25, 0.3) is 67.8 Å². The van der Waals surface area contributed by atoms with Gasteiger partial charge in [-0.1, -0.05) is 24.3 Å². The number of hydrogen-bond acceptors (Lipinski definition) is 4. The fourth-order valence-corrected chi connectivity index (χ4v) is 7.49. The monoisotopic (exact) mass is 431 g/mol. The standard InChI is InChI=1S/C26H13N3S2/c1-2-6-18-14(4-1)22-20(30-18)9-7-15-21-19(31-25(15)22)10-8-16-23-17(5-3-11-27-23)26-28-12-13-29(26)24(16)21/h1-13H. The first-order valence-corrected chi connectivity index (χ1v) is 11.8. The fourth-order valence-electron chi connectivity index (χ4n) is 5.04. The maximum absolute atomic E-state index is 4.74. The van der Waals surface area contributed by atoms with E-state index in [9.17, 15) is 0 Å². The average Bonchev–Trinajstić information content (AvgIpc) is 3.53. The number of pyridine rings is 2. The number of benzene rings is 3. The zero-order chi connectivity index (χ0) is 20.1.